The number of nitro groups is 1. The molecule has 0 saturated carbocycles. The van der Waals surface area contributed by atoms with Gasteiger partial charge in [-0.1, -0.05) is 18.2 Å². The number of carboxylic acid groups (broad SMARTS) is 1. The Hall–Kier alpha value is -2.89. The smallest absolute Gasteiger partial charge is 0.270 e. The Morgan fingerprint density at radius 2 is 1.80 bits per heavy atom. The number of benzene rings is 2. The van der Waals surface area contributed by atoms with Crippen LogP contribution in [0.15, 0.2) is 42.5 Å². The first kappa shape index (κ1) is 12.2. The normalized spacial score (nSPS) is 11.0. The van der Waals surface area contributed by atoms with Gasteiger partial charge in [-0.3, -0.25) is 10.1 Å². The number of aromatic nitrogens is 1. The number of fused-ring (bicyclic) bond motifs is 3. The van der Waals surface area contributed by atoms with Crippen molar-refractivity contribution in [1.29, 1.82) is 0 Å². The second kappa shape index (κ2) is 4.34. The minimum absolute atomic E-state index is 0.0196. The Kier molecular flexibility index (Phi) is 2.64. The highest BCUT2D eigenvalue weighted by molar-refractivity contribution is 6.09. The van der Waals surface area contributed by atoms with E-state index >= 15 is 0 Å². The van der Waals surface area contributed by atoms with Crippen LogP contribution in [0.3, 0.4) is 0 Å². The van der Waals surface area contributed by atoms with Crippen molar-refractivity contribution >= 4 is 33.5 Å². The highest BCUT2D eigenvalue weighted by Gasteiger charge is 2.14. The molecular weight excluding hydrogens is 260 g/mol. The zero-order valence-electron chi connectivity index (χ0n) is 10.3. The molecule has 100 valence electrons. The Morgan fingerprint density at radius 3 is 2.50 bits per heavy atom. The summed E-state index contributed by atoms with van der Waals surface area (Å²) >= 11 is 0. The predicted octanol–water partition coefficient (Wildman–Crippen LogP) is 1.45. The van der Waals surface area contributed by atoms with Gasteiger partial charge in [0.25, 0.3) is 5.69 Å². The van der Waals surface area contributed by atoms with Crippen LogP contribution in [-0.2, 0) is 11.3 Å². The van der Waals surface area contributed by atoms with Gasteiger partial charge in [0.05, 0.1) is 17.4 Å². The Morgan fingerprint density at radius 1 is 1.10 bits per heavy atom. The monoisotopic (exact) mass is 269 g/mol. The van der Waals surface area contributed by atoms with E-state index in [9.17, 15) is 20.0 Å². The standard InChI is InChI=1S/C14H10N2O4/c17-14(18)8-15-12-4-2-1-3-10(12)11-7-9(16(19)20)5-6-13(11)15/h1-7H,8H2,(H,17,18)/p-1. The molecule has 1 aromatic heterocycles. The topological polar surface area (TPSA) is 88.2 Å². The molecular formula is C14H9N2O4-. The molecule has 0 aliphatic carbocycles. The number of carbonyl (C=O) groups excluding carboxylic acids is 1. The zero-order chi connectivity index (χ0) is 14.3. The maximum atomic E-state index is 10.9. The molecule has 1 heterocycles. The van der Waals surface area contributed by atoms with Crippen molar-refractivity contribution in [1.82, 2.24) is 4.57 Å². The van der Waals surface area contributed by atoms with E-state index in [0.29, 0.717) is 16.4 Å². The largest absolute Gasteiger partial charge is 0.548 e. The summed E-state index contributed by atoms with van der Waals surface area (Å²) in [5, 5.41) is 23.2. The van der Waals surface area contributed by atoms with Gasteiger partial charge in [0.15, 0.2) is 0 Å². The molecule has 0 radical (unpaired) electrons. The Bertz CT molecular complexity index is 851. The third-order valence-corrected chi connectivity index (χ3v) is 3.25. The number of non-ortho nitro benzene ring substituents is 1. The van der Waals surface area contributed by atoms with Gasteiger partial charge in [-0.05, 0) is 12.1 Å². The van der Waals surface area contributed by atoms with Crippen molar-refractivity contribution in [3.63, 3.8) is 0 Å². The highest BCUT2D eigenvalue weighted by Crippen LogP contribution is 2.31. The van der Waals surface area contributed by atoms with Crippen LogP contribution >= 0.6 is 0 Å². The van der Waals surface area contributed by atoms with Crippen LogP contribution in [0.2, 0.25) is 0 Å². The van der Waals surface area contributed by atoms with E-state index in [2.05, 4.69) is 0 Å². The molecule has 6 nitrogen and oxygen atoms in total. The lowest BCUT2D eigenvalue weighted by Crippen LogP contribution is -2.27. The molecule has 20 heavy (non-hydrogen) atoms. The molecule has 0 fully saturated rings. The first-order chi connectivity index (χ1) is 9.58. The third kappa shape index (κ3) is 1.78. The summed E-state index contributed by atoms with van der Waals surface area (Å²) in [5.41, 5.74) is 1.34. The van der Waals surface area contributed by atoms with Gasteiger partial charge >= 0.3 is 0 Å². The molecule has 0 bridgehead atoms. The van der Waals surface area contributed by atoms with Crippen molar-refractivity contribution in [2.75, 3.05) is 0 Å². The fourth-order valence-corrected chi connectivity index (χ4v) is 2.45. The van der Waals surface area contributed by atoms with Crippen LogP contribution in [-0.4, -0.2) is 15.5 Å². The summed E-state index contributed by atoms with van der Waals surface area (Å²) in [6, 6.07) is 11.6. The predicted molar refractivity (Wildman–Crippen MR) is 71.1 cm³/mol. The molecule has 0 aliphatic rings. The third-order valence-electron chi connectivity index (χ3n) is 3.25. The number of carboxylic acids is 1. The lowest BCUT2D eigenvalue weighted by Gasteiger charge is -2.07. The van der Waals surface area contributed by atoms with Gasteiger partial charge in [0.2, 0.25) is 0 Å². The maximum Gasteiger partial charge on any atom is 0.270 e. The average molecular weight is 269 g/mol. The van der Waals surface area contributed by atoms with Crippen LogP contribution in [0.4, 0.5) is 5.69 Å². The van der Waals surface area contributed by atoms with Crippen LogP contribution in [0.5, 0.6) is 0 Å². The molecule has 3 aromatic rings. The van der Waals surface area contributed by atoms with E-state index in [-0.39, 0.29) is 12.2 Å². The molecule has 0 aliphatic heterocycles. The molecule has 2 aromatic carbocycles. The number of hydrogen-bond donors (Lipinski definition) is 0. The second-order valence-electron chi connectivity index (χ2n) is 4.43. The first-order valence-electron chi connectivity index (χ1n) is 5.93. The van der Waals surface area contributed by atoms with Crippen LogP contribution in [0.1, 0.15) is 0 Å². The number of nitrogens with zero attached hydrogens (tertiary/aromatic N) is 2. The van der Waals surface area contributed by atoms with Crippen molar-refractivity contribution in [3.8, 4) is 0 Å². The zero-order valence-corrected chi connectivity index (χ0v) is 10.3. The van der Waals surface area contributed by atoms with Gasteiger partial charge in [0.1, 0.15) is 0 Å². The van der Waals surface area contributed by atoms with Gasteiger partial charge in [-0.2, -0.15) is 0 Å². The summed E-state index contributed by atoms with van der Waals surface area (Å²) < 4.78 is 1.59. The summed E-state index contributed by atoms with van der Waals surface area (Å²) in [7, 11) is 0. The summed E-state index contributed by atoms with van der Waals surface area (Å²) in [5.74, 6) is -1.20. The minimum atomic E-state index is -1.20. The van der Waals surface area contributed by atoms with Crippen LogP contribution in [0.25, 0.3) is 21.8 Å². The van der Waals surface area contributed by atoms with Crippen LogP contribution in [0, 0.1) is 10.1 Å². The Balaban J connectivity index is 2.40. The summed E-state index contributed by atoms with van der Waals surface area (Å²) in [6.07, 6.45) is 0. The highest BCUT2D eigenvalue weighted by atomic mass is 16.6. The minimum Gasteiger partial charge on any atom is -0.548 e. The van der Waals surface area contributed by atoms with E-state index in [0.717, 1.165) is 5.39 Å². The second-order valence-corrected chi connectivity index (χ2v) is 4.43. The van der Waals surface area contributed by atoms with E-state index in [1.165, 1.54) is 12.1 Å². The number of carbonyl (C=O) groups is 1. The number of hydrogen-bond acceptors (Lipinski definition) is 4. The lowest BCUT2D eigenvalue weighted by molar-refractivity contribution is -0.384. The van der Waals surface area contributed by atoms with Crippen molar-refractivity contribution in [3.05, 3.63) is 52.6 Å². The van der Waals surface area contributed by atoms with E-state index in [4.69, 9.17) is 0 Å². The van der Waals surface area contributed by atoms with E-state index in [1.54, 1.807) is 22.8 Å². The van der Waals surface area contributed by atoms with Crippen molar-refractivity contribution in [2.24, 2.45) is 0 Å². The van der Waals surface area contributed by atoms with Crippen LogP contribution < -0.4 is 5.11 Å². The number of aliphatic carboxylic acids is 1. The van der Waals surface area contributed by atoms with E-state index in [1.807, 2.05) is 12.1 Å². The number of para-hydroxylation sites is 1. The lowest BCUT2D eigenvalue weighted by atomic mass is 10.1. The fraction of sp³-hybridized carbons (Fsp3) is 0.0714. The first-order valence-corrected chi connectivity index (χ1v) is 5.93. The van der Waals surface area contributed by atoms with Crippen molar-refractivity contribution < 1.29 is 14.8 Å². The van der Waals surface area contributed by atoms with Gasteiger partial charge in [-0.15, -0.1) is 0 Å². The Labute approximate surface area is 113 Å². The van der Waals surface area contributed by atoms with Gasteiger partial charge in [0, 0.05) is 33.9 Å². The molecule has 6 heteroatoms. The quantitative estimate of drug-likeness (QED) is 0.531. The molecule has 0 spiro atoms. The summed E-state index contributed by atoms with van der Waals surface area (Å²) in [4.78, 5) is 21.3. The molecule has 0 N–H and O–H groups in total. The van der Waals surface area contributed by atoms with Crippen molar-refractivity contribution in [2.45, 2.75) is 6.54 Å². The molecule has 3 rings (SSSR count). The summed E-state index contributed by atoms with van der Waals surface area (Å²) in [6.45, 7) is -0.290. The molecule has 0 unspecified atom stereocenters. The van der Waals surface area contributed by atoms with Gasteiger partial charge < -0.3 is 14.5 Å². The SMILES string of the molecule is O=C([O-])Cn1c2ccccc2c2cc([N+](=O)[O-])ccc21. The fourth-order valence-electron chi connectivity index (χ4n) is 2.45. The molecule has 0 amide bonds. The number of rotatable bonds is 3. The number of nitro benzene ring substituents is 1. The molecule has 0 atom stereocenters. The molecule has 0 saturated heterocycles. The average Bonchev–Trinajstić information content (AvgIpc) is 2.73. The van der Waals surface area contributed by atoms with Gasteiger partial charge in [-0.25, -0.2) is 0 Å². The maximum absolute atomic E-state index is 10.9. The van der Waals surface area contributed by atoms with E-state index < -0.39 is 10.9 Å².